The van der Waals surface area contributed by atoms with E-state index < -0.39 is 0 Å². The highest BCUT2D eigenvalue weighted by atomic mass is 79.9. The summed E-state index contributed by atoms with van der Waals surface area (Å²) in [5.41, 5.74) is 9.31. The number of nitrogens with zero attached hydrogens (tertiary/aromatic N) is 4. The van der Waals surface area contributed by atoms with Crippen molar-refractivity contribution in [1.82, 2.24) is 15.0 Å². The van der Waals surface area contributed by atoms with Crippen LogP contribution in [0.25, 0.3) is 22.3 Å². The lowest BCUT2D eigenvalue weighted by Gasteiger charge is -2.28. The minimum absolute atomic E-state index is 0.263. The zero-order chi connectivity index (χ0) is 16.5. The minimum atomic E-state index is 0.263. The SMILES string of the molecule is Nc1nc(N2CCOCC2)c2nc(-c3ccccc3Br)ccc2n1. The van der Waals surface area contributed by atoms with Gasteiger partial charge in [0.2, 0.25) is 5.95 Å². The van der Waals surface area contributed by atoms with Crippen molar-refractivity contribution in [2.24, 2.45) is 0 Å². The van der Waals surface area contributed by atoms with Crippen LogP contribution < -0.4 is 10.6 Å². The van der Waals surface area contributed by atoms with Crippen LogP contribution in [0.1, 0.15) is 0 Å². The number of ether oxygens (including phenoxy) is 1. The lowest BCUT2D eigenvalue weighted by molar-refractivity contribution is 0.122. The molecule has 3 aromatic rings. The van der Waals surface area contributed by atoms with Gasteiger partial charge in [0.25, 0.3) is 0 Å². The molecule has 0 aliphatic carbocycles. The Morgan fingerprint density at radius 1 is 1.00 bits per heavy atom. The zero-order valence-corrected chi connectivity index (χ0v) is 14.5. The molecule has 24 heavy (non-hydrogen) atoms. The molecule has 2 N–H and O–H groups in total. The summed E-state index contributed by atoms with van der Waals surface area (Å²) in [5, 5.41) is 0. The summed E-state index contributed by atoms with van der Waals surface area (Å²) in [6.07, 6.45) is 0. The molecule has 1 aromatic carbocycles. The standard InChI is InChI=1S/C17H16BrN5O/c18-12-4-2-1-3-11(12)13-5-6-14-15(20-13)16(22-17(19)21-14)23-7-9-24-10-8-23/h1-6H,7-10H2,(H2,19,21,22). The summed E-state index contributed by atoms with van der Waals surface area (Å²) in [5.74, 6) is 1.04. The van der Waals surface area contributed by atoms with Crippen LogP contribution in [0, 0.1) is 0 Å². The van der Waals surface area contributed by atoms with Gasteiger partial charge in [-0.2, -0.15) is 4.98 Å². The first-order valence-electron chi connectivity index (χ1n) is 7.74. The van der Waals surface area contributed by atoms with Crippen LogP contribution in [0.15, 0.2) is 40.9 Å². The van der Waals surface area contributed by atoms with Crippen molar-refractivity contribution < 1.29 is 4.74 Å². The first-order chi connectivity index (χ1) is 11.7. The van der Waals surface area contributed by atoms with E-state index in [4.69, 9.17) is 15.5 Å². The lowest BCUT2D eigenvalue weighted by atomic mass is 10.1. The summed E-state index contributed by atoms with van der Waals surface area (Å²) >= 11 is 3.59. The van der Waals surface area contributed by atoms with Crippen LogP contribution in [0.3, 0.4) is 0 Å². The monoisotopic (exact) mass is 385 g/mol. The fourth-order valence-corrected chi connectivity index (χ4v) is 3.32. The average molecular weight is 386 g/mol. The van der Waals surface area contributed by atoms with Crippen molar-refractivity contribution in [3.05, 3.63) is 40.9 Å². The van der Waals surface area contributed by atoms with E-state index in [0.29, 0.717) is 13.2 Å². The number of aromatic nitrogens is 3. The van der Waals surface area contributed by atoms with E-state index in [0.717, 1.165) is 45.7 Å². The molecule has 1 saturated heterocycles. The predicted molar refractivity (Wildman–Crippen MR) is 97.9 cm³/mol. The van der Waals surface area contributed by atoms with Crippen LogP contribution in [-0.2, 0) is 4.74 Å². The average Bonchev–Trinajstić information content (AvgIpc) is 2.62. The Balaban J connectivity index is 1.88. The van der Waals surface area contributed by atoms with E-state index in [9.17, 15) is 0 Å². The molecule has 0 radical (unpaired) electrons. The quantitative estimate of drug-likeness (QED) is 0.730. The minimum Gasteiger partial charge on any atom is -0.378 e. The third-order valence-corrected chi connectivity index (χ3v) is 4.69. The first kappa shape index (κ1) is 15.3. The number of benzene rings is 1. The van der Waals surface area contributed by atoms with Gasteiger partial charge in [0.15, 0.2) is 5.82 Å². The van der Waals surface area contributed by atoms with E-state index in [-0.39, 0.29) is 5.95 Å². The summed E-state index contributed by atoms with van der Waals surface area (Å²) in [7, 11) is 0. The number of pyridine rings is 1. The number of halogens is 1. The van der Waals surface area contributed by atoms with Crippen molar-refractivity contribution in [2.45, 2.75) is 0 Å². The molecule has 7 heteroatoms. The van der Waals surface area contributed by atoms with Crippen LogP contribution >= 0.6 is 15.9 Å². The Labute approximate surface area is 147 Å². The number of nitrogens with two attached hydrogens (primary N) is 1. The van der Waals surface area contributed by atoms with Gasteiger partial charge < -0.3 is 15.4 Å². The van der Waals surface area contributed by atoms with Crippen molar-refractivity contribution in [3.8, 4) is 11.3 Å². The molecule has 122 valence electrons. The largest absolute Gasteiger partial charge is 0.378 e. The molecule has 4 rings (SSSR count). The molecule has 0 saturated carbocycles. The van der Waals surface area contributed by atoms with E-state index in [1.54, 1.807) is 0 Å². The van der Waals surface area contributed by atoms with E-state index in [1.807, 2.05) is 36.4 Å². The number of nitrogen functional groups attached to an aromatic ring is 1. The maximum Gasteiger partial charge on any atom is 0.222 e. The summed E-state index contributed by atoms with van der Waals surface area (Å²) < 4.78 is 6.43. The van der Waals surface area contributed by atoms with Gasteiger partial charge in [0.05, 0.1) is 24.4 Å². The van der Waals surface area contributed by atoms with E-state index >= 15 is 0 Å². The molecule has 0 bridgehead atoms. The number of rotatable bonds is 2. The molecule has 1 aliphatic rings. The van der Waals surface area contributed by atoms with Crippen molar-refractivity contribution in [3.63, 3.8) is 0 Å². The fraction of sp³-hybridized carbons (Fsp3) is 0.235. The van der Waals surface area contributed by atoms with Crippen molar-refractivity contribution in [2.75, 3.05) is 36.9 Å². The van der Waals surface area contributed by atoms with E-state index in [2.05, 4.69) is 30.8 Å². The second-order valence-electron chi connectivity index (χ2n) is 5.55. The van der Waals surface area contributed by atoms with Crippen molar-refractivity contribution in [1.29, 1.82) is 0 Å². The molecule has 0 amide bonds. The molecule has 1 fully saturated rings. The maximum atomic E-state index is 5.89. The second-order valence-corrected chi connectivity index (χ2v) is 6.40. The van der Waals surface area contributed by atoms with Gasteiger partial charge in [-0.05, 0) is 18.2 Å². The van der Waals surface area contributed by atoms with Gasteiger partial charge in [0.1, 0.15) is 5.52 Å². The van der Waals surface area contributed by atoms with Gasteiger partial charge >= 0.3 is 0 Å². The Bertz CT molecular complexity index is 895. The highest BCUT2D eigenvalue weighted by Gasteiger charge is 2.18. The Kier molecular flexibility index (Phi) is 4.03. The summed E-state index contributed by atoms with van der Waals surface area (Å²) in [4.78, 5) is 15.8. The molecule has 6 nitrogen and oxygen atoms in total. The smallest absolute Gasteiger partial charge is 0.222 e. The maximum absolute atomic E-state index is 5.89. The highest BCUT2D eigenvalue weighted by molar-refractivity contribution is 9.10. The Morgan fingerprint density at radius 2 is 1.79 bits per heavy atom. The lowest BCUT2D eigenvalue weighted by Crippen LogP contribution is -2.37. The molecule has 2 aromatic heterocycles. The summed E-state index contributed by atoms with van der Waals surface area (Å²) in [6.45, 7) is 2.89. The molecule has 1 aliphatic heterocycles. The zero-order valence-electron chi connectivity index (χ0n) is 12.9. The second kappa shape index (κ2) is 6.33. The molecule has 0 unspecified atom stereocenters. The van der Waals surface area contributed by atoms with E-state index in [1.165, 1.54) is 0 Å². The van der Waals surface area contributed by atoms with Gasteiger partial charge in [-0.1, -0.05) is 34.1 Å². The Morgan fingerprint density at radius 3 is 2.58 bits per heavy atom. The van der Waals surface area contributed by atoms with Gasteiger partial charge in [-0.25, -0.2) is 9.97 Å². The van der Waals surface area contributed by atoms with Crippen molar-refractivity contribution >= 4 is 38.7 Å². The number of anilines is 2. The summed E-state index contributed by atoms with van der Waals surface area (Å²) in [6, 6.07) is 11.9. The van der Waals surface area contributed by atoms with Gasteiger partial charge in [-0.15, -0.1) is 0 Å². The molecule has 0 atom stereocenters. The van der Waals surface area contributed by atoms with Crippen LogP contribution in [-0.4, -0.2) is 41.3 Å². The molecular formula is C17H16BrN5O. The number of hydrogen-bond donors (Lipinski definition) is 1. The fourth-order valence-electron chi connectivity index (χ4n) is 2.83. The first-order valence-corrected chi connectivity index (χ1v) is 8.53. The third-order valence-electron chi connectivity index (χ3n) is 4.00. The van der Waals surface area contributed by atoms with Gasteiger partial charge in [0, 0.05) is 23.1 Å². The third kappa shape index (κ3) is 2.81. The van der Waals surface area contributed by atoms with Crippen LogP contribution in [0.4, 0.5) is 11.8 Å². The van der Waals surface area contributed by atoms with Crippen LogP contribution in [0.5, 0.6) is 0 Å². The Hall–Kier alpha value is -2.25. The number of fused-ring (bicyclic) bond motifs is 1. The topological polar surface area (TPSA) is 77.2 Å². The predicted octanol–water partition coefficient (Wildman–Crippen LogP) is 2.87. The molecule has 0 spiro atoms. The highest BCUT2D eigenvalue weighted by Crippen LogP contribution is 2.30. The van der Waals surface area contributed by atoms with Gasteiger partial charge in [-0.3, -0.25) is 0 Å². The number of hydrogen-bond acceptors (Lipinski definition) is 6. The molecule has 3 heterocycles. The molecular weight excluding hydrogens is 370 g/mol. The van der Waals surface area contributed by atoms with Crippen LogP contribution in [0.2, 0.25) is 0 Å². The normalized spacial score (nSPS) is 15.0. The number of morpholine rings is 1.